The van der Waals surface area contributed by atoms with Crippen LogP contribution in [0.25, 0.3) is 0 Å². The lowest BCUT2D eigenvalue weighted by atomic mass is 10.2. The normalized spacial score (nSPS) is 16.1. The van der Waals surface area contributed by atoms with E-state index in [4.69, 9.17) is 19.7 Å². The number of rotatable bonds is 4. The van der Waals surface area contributed by atoms with Gasteiger partial charge in [-0.3, -0.25) is 9.59 Å². The van der Waals surface area contributed by atoms with Crippen LogP contribution in [0, 0.1) is 0 Å². The summed E-state index contributed by atoms with van der Waals surface area (Å²) in [5.41, 5.74) is 0.440. The smallest absolute Gasteiger partial charge is 0.199 e. The molecular weight excluding hydrogens is 340 g/mol. The van der Waals surface area contributed by atoms with Crippen LogP contribution in [-0.4, -0.2) is 40.8 Å². The molecule has 138 valence electrons. The van der Waals surface area contributed by atoms with Gasteiger partial charge in [0.25, 0.3) is 0 Å². The molecule has 1 saturated heterocycles. The van der Waals surface area contributed by atoms with Crippen molar-refractivity contribution in [1.29, 1.82) is 0 Å². The van der Waals surface area contributed by atoms with Crippen molar-refractivity contribution >= 4 is 12.6 Å². The Kier molecular flexibility index (Phi) is 6.99. The van der Waals surface area contributed by atoms with Crippen LogP contribution in [0.4, 0.5) is 0 Å². The fourth-order valence-electron chi connectivity index (χ4n) is 2.28. The third-order valence-electron chi connectivity index (χ3n) is 3.68. The molecule has 2 aromatic carbocycles. The number of carbonyl (C=O) groups is 2. The molecule has 3 rings (SSSR count). The third-order valence-corrected chi connectivity index (χ3v) is 3.68. The van der Waals surface area contributed by atoms with E-state index < -0.39 is 0 Å². The molecule has 3 N–H and O–H groups in total. The highest BCUT2D eigenvalue weighted by Gasteiger charge is 2.15. The lowest BCUT2D eigenvalue weighted by Crippen LogP contribution is -2.24. The summed E-state index contributed by atoms with van der Waals surface area (Å²) in [6.07, 6.45) is 3.90. The van der Waals surface area contributed by atoms with Gasteiger partial charge in [-0.15, -0.1) is 0 Å². The second kappa shape index (κ2) is 9.43. The molecule has 1 fully saturated rings. The minimum Gasteiger partial charge on any atom is -0.508 e. The number of phenolic OH excluding ortho intramolecular Hbond substituents is 3. The number of hydrogen-bond donors (Lipinski definition) is 3. The van der Waals surface area contributed by atoms with E-state index in [0.717, 1.165) is 25.3 Å². The molecular formula is C19H20O7. The number of aromatic hydroxyl groups is 3. The summed E-state index contributed by atoms with van der Waals surface area (Å²) in [4.78, 5) is 20.6. The first kappa shape index (κ1) is 19.3. The van der Waals surface area contributed by atoms with Crippen LogP contribution in [0.15, 0.2) is 36.4 Å². The Bertz CT molecular complexity index is 752. The monoisotopic (exact) mass is 360 g/mol. The largest absolute Gasteiger partial charge is 0.508 e. The number of hydrogen-bond acceptors (Lipinski definition) is 7. The first-order valence-electron chi connectivity index (χ1n) is 8.07. The van der Waals surface area contributed by atoms with E-state index in [-0.39, 0.29) is 34.7 Å². The van der Waals surface area contributed by atoms with Gasteiger partial charge in [0.1, 0.15) is 23.0 Å². The SMILES string of the molecule is O=Cc1ccc(O)cc1O.O=Cc1ccc(OC2CCCCO2)cc1O. The molecule has 1 aliphatic rings. The minimum atomic E-state index is -0.241. The number of phenols is 3. The van der Waals surface area contributed by atoms with Gasteiger partial charge in [-0.25, -0.2) is 0 Å². The zero-order valence-electron chi connectivity index (χ0n) is 14.0. The molecule has 0 aromatic heterocycles. The second-order valence-corrected chi connectivity index (χ2v) is 5.61. The lowest BCUT2D eigenvalue weighted by molar-refractivity contribution is -0.105. The molecule has 26 heavy (non-hydrogen) atoms. The van der Waals surface area contributed by atoms with E-state index in [1.807, 2.05) is 0 Å². The molecule has 7 heteroatoms. The van der Waals surface area contributed by atoms with E-state index >= 15 is 0 Å². The Labute approximate surface area is 150 Å². The number of aldehydes is 2. The Morgan fingerprint density at radius 2 is 1.58 bits per heavy atom. The maximum Gasteiger partial charge on any atom is 0.199 e. The molecule has 0 aliphatic carbocycles. The molecule has 2 aromatic rings. The Hall–Kier alpha value is -3.06. The fourth-order valence-corrected chi connectivity index (χ4v) is 2.28. The lowest BCUT2D eigenvalue weighted by Gasteiger charge is -2.23. The van der Waals surface area contributed by atoms with Crippen LogP contribution in [0.1, 0.15) is 40.0 Å². The summed E-state index contributed by atoms with van der Waals surface area (Å²) in [6.45, 7) is 0.711. The van der Waals surface area contributed by atoms with Gasteiger partial charge in [-0.05, 0) is 37.1 Å². The fraction of sp³-hybridized carbons (Fsp3) is 0.263. The molecule has 7 nitrogen and oxygen atoms in total. The molecule has 0 bridgehead atoms. The molecule has 0 saturated carbocycles. The van der Waals surface area contributed by atoms with Gasteiger partial charge in [0, 0.05) is 18.6 Å². The van der Waals surface area contributed by atoms with Crippen LogP contribution in [-0.2, 0) is 4.74 Å². The van der Waals surface area contributed by atoms with Crippen molar-refractivity contribution in [2.45, 2.75) is 25.6 Å². The molecule has 1 aliphatic heterocycles. The van der Waals surface area contributed by atoms with Crippen molar-refractivity contribution in [3.63, 3.8) is 0 Å². The van der Waals surface area contributed by atoms with Crippen molar-refractivity contribution in [3.8, 4) is 23.0 Å². The van der Waals surface area contributed by atoms with Gasteiger partial charge in [-0.1, -0.05) is 0 Å². The van der Waals surface area contributed by atoms with E-state index in [9.17, 15) is 14.7 Å². The van der Waals surface area contributed by atoms with E-state index in [0.29, 0.717) is 24.9 Å². The van der Waals surface area contributed by atoms with Crippen molar-refractivity contribution < 1.29 is 34.4 Å². The highest BCUT2D eigenvalue weighted by molar-refractivity contribution is 5.79. The summed E-state index contributed by atoms with van der Waals surface area (Å²) in [6, 6.07) is 8.41. The van der Waals surface area contributed by atoms with Crippen LogP contribution in [0.5, 0.6) is 23.0 Å². The van der Waals surface area contributed by atoms with E-state index in [2.05, 4.69) is 0 Å². The molecule has 0 spiro atoms. The highest BCUT2D eigenvalue weighted by atomic mass is 16.7. The highest BCUT2D eigenvalue weighted by Crippen LogP contribution is 2.25. The Morgan fingerprint density at radius 1 is 0.923 bits per heavy atom. The first-order valence-corrected chi connectivity index (χ1v) is 8.07. The summed E-state index contributed by atoms with van der Waals surface area (Å²) < 4.78 is 10.9. The van der Waals surface area contributed by atoms with Crippen LogP contribution in [0.2, 0.25) is 0 Å². The molecule has 1 atom stereocenters. The Balaban J connectivity index is 0.000000209. The summed E-state index contributed by atoms with van der Waals surface area (Å²) in [7, 11) is 0. The predicted molar refractivity (Wildman–Crippen MR) is 92.9 cm³/mol. The topological polar surface area (TPSA) is 113 Å². The zero-order valence-corrected chi connectivity index (χ0v) is 14.0. The minimum absolute atomic E-state index is 0.0527. The van der Waals surface area contributed by atoms with Crippen molar-refractivity contribution in [1.82, 2.24) is 0 Å². The number of benzene rings is 2. The van der Waals surface area contributed by atoms with Crippen molar-refractivity contribution in [3.05, 3.63) is 47.5 Å². The third kappa shape index (κ3) is 5.49. The maximum atomic E-state index is 10.5. The van der Waals surface area contributed by atoms with Crippen molar-refractivity contribution in [2.24, 2.45) is 0 Å². The summed E-state index contributed by atoms with van der Waals surface area (Å²) >= 11 is 0. The maximum absolute atomic E-state index is 10.5. The summed E-state index contributed by atoms with van der Waals surface area (Å²) in [5.74, 6) is 0.205. The van der Waals surface area contributed by atoms with E-state index in [1.54, 1.807) is 6.07 Å². The van der Waals surface area contributed by atoms with Gasteiger partial charge >= 0.3 is 0 Å². The first-order chi connectivity index (χ1) is 12.5. The van der Waals surface area contributed by atoms with Gasteiger partial charge in [-0.2, -0.15) is 0 Å². The predicted octanol–water partition coefficient (Wildman–Crippen LogP) is 3.02. The van der Waals surface area contributed by atoms with Crippen LogP contribution < -0.4 is 4.74 Å². The number of carbonyl (C=O) groups excluding carboxylic acids is 2. The van der Waals surface area contributed by atoms with Crippen LogP contribution >= 0.6 is 0 Å². The number of ether oxygens (including phenoxy) is 2. The average molecular weight is 360 g/mol. The quantitative estimate of drug-likeness (QED) is 0.718. The van der Waals surface area contributed by atoms with Gasteiger partial charge in [0.2, 0.25) is 0 Å². The van der Waals surface area contributed by atoms with E-state index in [1.165, 1.54) is 24.3 Å². The van der Waals surface area contributed by atoms with Crippen LogP contribution in [0.3, 0.4) is 0 Å². The molecule has 0 radical (unpaired) electrons. The Morgan fingerprint density at radius 3 is 2.12 bits per heavy atom. The van der Waals surface area contributed by atoms with Gasteiger partial charge in [0.15, 0.2) is 18.9 Å². The molecule has 1 unspecified atom stereocenters. The standard InChI is InChI=1S/C12H14O4.C7H6O3/c13-8-9-4-5-10(7-11(9)14)16-12-3-1-2-6-15-12;8-4-5-1-2-6(9)3-7(5)10/h4-5,7-8,12,14H,1-3,6H2;1-4,9-10H. The molecule has 0 amide bonds. The molecule has 1 heterocycles. The second-order valence-electron chi connectivity index (χ2n) is 5.61. The zero-order chi connectivity index (χ0) is 18.9. The average Bonchev–Trinajstić information content (AvgIpc) is 2.63. The van der Waals surface area contributed by atoms with Crippen molar-refractivity contribution in [2.75, 3.05) is 6.61 Å². The van der Waals surface area contributed by atoms with Gasteiger partial charge < -0.3 is 24.8 Å². The summed E-state index contributed by atoms with van der Waals surface area (Å²) in [5, 5.41) is 27.1. The van der Waals surface area contributed by atoms with Gasteiger partial charge in [0.05, 0.1) is 17.7 Å².